The van der Waals surface area contributed by atoms with Crippen LogP contribution in [-0.2, 0) is 0 Å². The molecular formula is C12H24N2O. The van der Waals surface area contributed by atoms with Gasteiger partial charge in [-0.15, -0.1) is 0 Å². The van der Waals surface area contributed by atoms with Gasteiger partial charge in [-0.2, -0.15) is 0 Å². The lowest BCUT2D eigenvalue weighted by molar-refractivity contribution is 0.0586. The number of hydrogen-bond donors (Lipinski definition) is 1. The normalized spacial score (nSPS) is 39.8. The first-order valence-electron chi connectivity index (χ1n) is 6.33. The van der Waals surface area contributed by atoms with Crippen molar-refractivity contribution in [1.29, 1.82) is 0 Å². The predicted octanol–water partition coefficient (Wildman–Crippen LogP) is 0.926. The molecule has 1 aliphatic heterocycles. The van der Waals surface area contributed by atoms with E-state index in [9.17, 15) is 5.11 Å². The van der Waals surface area contributed by atoms with Crippen LogP contribution in [0.5, 0.6) is 0 Å². The highest BCUT2D eigenvalue weighted by Crippen LogP contribution is 2.26. The zero-order chi connectivity index (χ0) is 10.8. The van der Waals surface area contributed by atoms with E-state index in [1.54, 1.807) is 0 Å². The van der Waals surface area contributed by atoms with Crippen molar-refractivity contribution in [2.45, 2.75) is 50.8 Å². The third-order valence-electron chi connectivity index (χ3n) is 4.17. The van der Waals surface area contributed by atoms with Crippen molar-refractivity contribution in [3.05, 3.63) is 0 Å². The Morgan fingerprint density at radius 3 is 2.67 bits per heavy atom. The number of aliphatic hydroxyl groups excluding tert-OH is 1. The van der Waals surface area contributed by atoms with Crippen LogP contribution < -0.4 is 0 Å². The topological polar surface area (TPSA) is 26.7 Å². The van der Waals surface area contributed by atoms with Gasteiger partial charge in [0.15, 0.2) is 0 Å². The average Bonchev–Trinajstić information content (AvgIpc) is 2.66. The fourth-order valence-corrected chi connectivity index (χ4v) is 3.01. The molecule has 15 heavy (non-hydrogen) atoms. The zero-order valence-electron chi connectivity index (χ0n) is 10.0. The van der Waals surface area contributed by atoms with Crippen LogP contribution in [0.3, 0.4) is 0 Å². The van der Waals surface area contributed by atoms with Gasteiger partial charge in [0.25, 0.3) is 0 Å². The first kappa shape index (κ1) is 11.4. The summed E-state index contributed by atoms with van der Waals surface area (Å²) in [5.41, 5.74) is 0. The molecule has 2 aliphatic rings. The summed E-state index contributed by atoms with van der Waals surface area (Å²) >= 11 is 0. The van der Waals surface area contributed by atoms with Gasteiger partial charge < -0.3 is 10.0 Å². The average molecular weight is 212 g/mol. The first-order valence-corrected chi connectivity index (χ1v) is 6.33. The fourth-order valence-electron chi connectivity index (χ4n) is 3.01. The smallest absolute Gasteiger partial charge is 0.0555 e. The maximum absolute atomic E-state index is 9.57. The van der Waals surface area contributed by atoms with Crippen molar-refractivity contribution >= 4 is 0 Å². The minimum Gasteiger partial charge on any atom is -0.393 e. The van der Waals surface area contributed by atoms with Crippen molar-refractivity contribution in [1.82, 2.24) is 9.80 Å². The van der Waals surface area contributed by atoms with Gasteiger partial charge in [-0.05, 0) is 32.7 Å². The lowest BCUT2D eigenvalue weighted by Crippen LogP contribution is -2.53. The summed E-state index contributed by atoms with van der Waals surface area (Å²) in [5.74, 6) is 0. The second kappa shape index (κ2) is 4.81. The lowest BCUT2D eigenvalue weighted by Gasteiger charge is -2.42. The maximum Gasteiger partial charge on any atom is 0.0555 e. The monoisotopic (exact) mass is 212 g/mol. The molecule has 1 N–H and O–H groups in total. The first-order chi connectivity index (χ1) is 7.20. The highest BCUT2D eigenvalue weighted by Gasteiger charge is 2.32. The van der Waals surface area contributed by atoms with Crippen molar-refractivity contribution < 1.29 is 5.11 Å². The van der Waals surface area contributed by atoms with Crippen LogP contribution in [0.4, 0.5) is 0 Å². The summed E-state index contributed by atoms with van der Waals surface area (Å²) < 4.78 is 0. The van der Waals surface area contributed by atoms with Crippen LogP contribution in [0.25, 0.3) is 0 Å². The van der Waals surface area contributed by atoms with E-state index in [0.29, 0.717) is 6.04 Å². The molecule has 3 unspecified atom stereocenters. The van der Waals surface area contributed by atoms with Gasteiger partial charge in [0.1, 0.15) is 0 Å². The molecule has 1 saturated heterocycles. The van der Waals surface area contributed by atoms with Gasteiger partial charge in [0, 0.05) is 31.7 Å². The minimum absolute atomic E-state index is 0.0327. The molecule has 88 valence electrons. The van der Waals surface area contributed by atoms with Crippen LogP contribution in [0.1, 0.15) is 32.6 Å². The molecule has 0 radical (unpaired) electrons. The molecule has 2 rings (SSSR count). The van der Waals surface area contributed by atoms with Crippen LogP contribution in [0.2, 0.25) is 0 Å². The van der Waals surface area contributed by atoms with E-state index in [2.05, 4.69) is 23.8 Å². The molecule has 0 aromatic heterocycles. The van der Waals surface area contributed by atoms with E-state index >= 15 is 0 Å². The molecule has 1 aliphatic carbocycles. The van der Waals surface area contributed by atoms with E-state index in [0.717, 1.165) is 18.9 Å². The van der Waals surface area contributed by atoms with Gasteiger partial charge in [-0.1, -0.05) is 6.92 Å². The summed E-state index contributed by atoms with van der Waals surface area (Å²) in [5, 5.41) is 9.57. The van der Waals surface area contributed by atoms with Gasteiger partial charge in [0.05, 0.1) is 6.10 Å². The second-order valence-electron chi connectivity index (χ2n) is 5.16. The third-order valence-corrected chi connectivity index (χ3v) is 4.17. The Hall–Kier alpha value is -0.120. The number of piperazine rings is 1. The Balaban J connectivity index is 1.88. The number of hydrogen-bond acceptors (Lipinski definition) is 3. The molecule has 3 atom stereocenters. The summed E-state index contributed by atoms with van der Waals surface area (Å²) in [6.07, 6.45) is 4.41. The van der Waals surface area contributed by atoms with Crippen molar-refractivity contribution in [2.24, 2.45) is 0 Å². The standard InChI is InChI=1S/C12H24N2O/c1-3-10-9-14(7-6-13(10)2)11-4-5-12(15)8-11/h10-12,15H,3-9H2,1-2H3. The molecular weight excluding hydrogens is 188 g/mol. The molecule has 2 fully saturated rings. The van der Waals surface area contributed by atoms with E-state index in [-0.39, 0.29) is 6.10 Å². The Morgan fingerprint density at radius 1 is 1.27 bits per heavy atom. The summed E-state index contributed by atoms with van der Waals surface area (Å²) in [6, 6.07) is 1.37. The Labute approximate surface area is 93.1 Å². The highest BCUT2D eigenvalue weighted by molar-refractivity contribution is 4.88. The number of likely N-dealkylation sites (N-methyl/N-ethyl adjacent to an activating group) is 1. The van der Waals surface area contributed by atoms with Gasteiger partial charge in [-0.25, -0.2) is 0 Å². The molecule has 3 heteroatoms. The van der Waals surface area contributed by atoms with E-state index in [1.165, 1.54) is 32.5 Å². The van der Waals surface area contributed by atoms with Crippen molar-refractivity contribution in [3.63, 3.8) is 0 Å². The Morgan fingerprint density at radius 2 is 2.07 bits per heavy atom. The molecule has 1 saturated carbocycles. The zero-order valence-corrected chi connectivity index (χ0v) is 10.0. The van der Waals surface area contributed by atoms with Crippen LogP contribution in [0, 0.1) is 0 Å². The van der Waals surface area contributed by atoms with E-state index in [4.69, 9.17) is 0 Å². The molecule has 3 nitrogen and oxygen atoms in total. The molecule has 0 aromatic carbocycles. The van der Waals surface area contributed by atoms with Crippen LogP contribution in [-0.4, -0.2) is 59.8 Å². The molecule has 0 amide bonds. The number of aliphatic hydroxyl groups is 1. The second-order valence-corrected chi connectivity index (χ2v) is 5.16. The Kier molecular flexibility index (Phi) is 3.65. The summed E-state index contributed by atoms with van der Waals surface area (Å²) in [6.45, 7) is 5.84. The Bertz CT molecular complexity index is 210. The summed E-state index contributed by atoms with van der Waals surface area (Å²) in [7, 11) is 2.23. The molecule has 1 heterocycles. The third kappa shape index (κ3) is 2.52. The quantitative estimate of drug-likeness (QED) is 0.737. The maximum atomic E-state index is 9.57. The summed E-state index contributed by atoms with van der Waals surface area (Å²) in [4.78, 5) is 5.08. The van der Waals surface area contributed by atoms with Gasteiger partial charge >= 0.3 is 0 Å². The lowest BCUT2D eigenvalue weighted by atomic mass is 10.1. The SMILES string of the molecule is CCC1CN(C2CCC(O)C2)CCN1C. The van der Waals surface area contributed by atoms with E-state index < -0.39 is 0 Å². The van der Waals surface area contributed by atoms with E-state index in [1.807, 2.05) is 0 Å². The van der Waals surface area contributed by atoms with Crippen LogP contribution in [0.15, 0.2) is 0 Å². The predicted molar refractivity (Wildman–Crippen MR) is 61.9 cm³/mol. The van der Waals surface area contributed by atoms with Crippen molar-refractivity contribution in [2.75, 3.05) is 26.7 Å². The van der Waals surface area contributed by atoms with Crippen molar-refractivity contribution in [3.8, 4) is 0 Å². The number of nitrogens with zero attached hydrogens (tertiary/aromatic N) is 2. The molecule has 0 spiro atoms. The minimum atomic E-state index is -0.0327. The molecule has 0 bridgehead atoms. The number of rotatable bonds is 2. The fraction of sp³-hybridized carbons (Fsp3) is 1.00. The van der Waals surface area contributed by atoms with Gasteiger partial charge in [-0.3, -0.25) is 4.90 Å². The highest BCUT2D eigenvalue weighted by atomic mass is 16.3. The molecule has 0 aromatic rings. The van der Waals surface area contributed by atoms with Gasteiger partial charge in [0.2, 0.25) is 0 Å². The largest absolute Gasteiger partial charge is 0.393 e. The van der Waals surface area contributed by atoms with Crippen LogP contribution >= 0.6 is 0 Å².